The van der Waals surface area contributed by atoms with Gasteiger partial charge in [-0.05, 0) is 61.7 Å². The number of hydrogen-bond acceptors (Lipinski definition) is 3. The van der Waals surface area contributed by atoms with Crippen LogP contribution in [0.5, 0.6) is 0 Å². The SMILES string of the molecule is Cc1ccc(NC(=O)COC(=O)c2ccc(C)c(F)c2)cc1C. The van der Waals surface area contributed by atoms with Crippen LogP contribution in [-0.4, -0.2) is 18.5 Å². The number of anilines is 1. The molecule has 2 rings (SSSR count). The van der Waals surface area contributed by atoms with Crippen LogP contribution in [-0.2, 0) is 9.53 Å². The van der Waals surface area contributed by atoms with Gasteiger partial charge >= 0.3 is 5.97 Å². The first-order chi connectivity index (χ1) is 10.9. The zero-order valence-corrected chi connectivity index (χ0v) is 13.3. The maximum absolute atomic E-state index is 13.4. The molecule has 120 valence electrons. The summed E-state index contributed by atoms with van der Waals surface area (Å²) < 4.78 is 18.3. The van der Waals surface area contributed by atoms with Crippen LogP contribution in [0.3, 0.4) is 0 Å². The van der Waals surface area contributed by atoms with Crippen molar-refractivity contribution in [2.24, 2.45) is 0 Å². The molecule has 0 heterocycles. The average Bonchev–Trinajstić information content (AvgIpc) is 2.51. The second kappa shape index (κ2) is 7.05. The molecule has 0 aliphatic rings. The fourth-order valence-corrected chi connectivity index (χ4v) is 1.95. The lowest BCUT2D eigenvalue weighted by atomic mass is 10.1. The minimum atomic E-state index is -0.737. The molecule has 0 aromatic heterocycles. The van der Waals surface area contributed by atoms with E-state index in [4.69, 9.17) is 4.74 Å². The molecule has 1 amide bonds. The normalized spacial score (nSPS) is 10.3. The lowest BCUT2D eigenvalue weighted by Crippen LogP contribution is -2.21. The van der Waals surface area contributed by atoms with Crippen LogP contribution < -0.4 is 5.32 Å². The second-order valence-corrected chi connectivity index (χ2v) is 5.39. The van der Waals surface area contributed by atoms with E-state index in [1.165, 1.54) is 12.1 Å². The molecule has 0 aliphatic carbocycles. The molecule has 23 heavy (non-hydrogen) atoms. The fourth-order valence-electron chi connectivity index (χ4n) is 1.95. The van der Waals surface area contributed by atoms with E-state index in [-0.39, 0.29) is 5.56 Å². The number of esters is 1. The van der Waals surface area contributed by atoms with Crippen molar-refractivity contribution in [3.8, 4) is 0 Å². The van der Waals surface area contributed by atoms with E-state index in [2.05, 4.69) is 5.32 Å². The van der Waals surface area contributed by atoms with Crippen molar-refractivity contribution in [1.82, 2.24) is 0 Å². The van der Waals surface area contributed by atoms with Gasteiger partial charge in [0.15, 0.2) is 6.61 Å². The van der Waals surface area contributed by atoms with Gasteiger partial charge in [-0.25, -0.2) is 9.18 Å². The van der Waals surface area contributed by atoms with Crippen molar-refractivity contribution in [3.63, 3.8) is 0 Å². The number of nitrogens with one attached hydrogen (secondary N) is 1. The van der Waals surface area contributed by atoms with E-state index in [0.29, 0.717) is 11.3 Å². The molecule has 1 N–H and O–H groups in total. The summed E-state index contributed by atoms with van der Waals surface area (Å²) in [6, 6.07) is 9.55. The van der Waals surface area contributed by atoms with Crippen LogP contribution in [0.15, 0.2) is 36.4 Å². The zero-order valence-electron chi connectivity index (χ0n) is 13.3. The Kier molecular flexibility index (Phi) is 5.11. The third-order valence-corrected chi connectivity index (χ3v) is 3.53. The minimum Gasteiger partial charge on any atom is -0.452 e. The molecule has 4 nitrogen and oxygen atoms in total. The third-order valence-electron chi connectivity index (χ3n) is 3.53. The second-order valence-electron chi connectivity index (χ2n) is 5.39. The lowest BCUT2D eigenvalue weighted by molar-refractivity contribution is -0.119. The van der Waals surface area contributed by atoms with Crippen molar-refractivity contribution in [1.29, 1.82) is 0 Å². The van der Waals surface area contributed by atoms with E-state index in [1.807, 2.05) is 26.0 Å². The molecule has 0 atom stereocenters. The number of halogens is 1. The predicted molar refractivity (Wildman–Crippen MR) is 86.0 cm³/mol. The maximum atomic E-state index is 13.4. The molecular weight excluding hydrogens is 297 g/mol. The first-order valence-electron chi connectivity index (χ1n) is 7.17. The molecule has 2 aromatic carbocycles. The molecule has 5 heteroatoms. The van der Waals surface area contributed by atoms with E-state index >= 15 is 0 Å². The Bertz CT molecular complexity index is 756. The van der Waals surface area contributed by atoms with Gasteiger partial charge < -0.3 is 10.1 Å². The van der Waals surface area contributed by atoms with Crippen molar-refractivity contribution < 1.29 is 18.7 Å². The Morgan fingerprint density at radius 2 is 1.70 bits per heavy atom. The molecule has 0 fully saturated rings. The summed E-state index contributed by atoms with van der Waals surface area (Å²) in [5, 5.41) is 2.65. The quantitative estimate of drug-likeness (QED) is 0.878. The number of carbonyl (C=O) groups is 2. The molecule has 0 unspecified atom stereocenters. The van der Waals surface area contributed by atoms with Gasteiger partial charge in [-0.2, -0.15) is 0 Å². The van der Waals surface area contributed by atoms with Gasteiger partial charge in [0.1, 0.15) is 5.82 Å². The van der Waals surface area contributed by atoms with Gasteiger partial charge in [-0.1, -0.05) is 12.1 Å². The number of amides is 1. The number of hydrogen-bond donors (Lipinski definition) is 1. The van der Waals surface area contributed by atoms with Gasteiger partial charge in [0.2, 0.25) is 0 Å². The lowest BCUT2D eigenvalue weighted by Gasteiger charge is -2.08. The van der Waals surface area contributed by atoms with Gasteiger partial charge in [0, 0.05) is 5.69 Å². The minimum absolute atomic E-state index is 0.0760. The Morgan fingerprint density at radius 3 is 2.35 bits per heavy atom. The van der Waals surface area contributed by atoms with Crippen LogP contribution in [0.2, 0.25) is 0 Å². The standard InChI is InChI=1S/C18H18FNO3/c1-11-5-7-15(8-13(11)3)20-17(21)10-23-18(22)14-6-4-12(2)16(19)9-14/h4-9H,10H2,1-3H3,(H,20,21). The summed E-state index contributed by atoms with van der Waals surface area (Å²) in [7, 11) is 0. The van der Waals surface area contributed by atoms with E-state index < -0.39 is 24.3 Å². The highest BCUT2D eigenvalue weighted by molar-refractivity contribution is 5.95. The summed E-state index contributed by atoms with van der Waals surface area (Å²) in [5.41, 5.74) is 3.32. The number of carbonyl (C=O) groups excluding carboxylic acids is 2. The highest BCUT2D eigenvalue weighted by Gasteiger charge is 2.12. The van der Waals surface area contributed by atoms with Crippen LogP contribution in [0, 0.1) is 26.6 Å². The highest BCUT2D eigenvalue weighted by Crippen LogP contribution is 2.14. The number of benzene rings is 2. The van der Waals surface area contributed by atoms with E-state index in [1.54, 1.807) is 13.0 Å². The Hall–Kier alpha value is -2.69. The largest absolute Gasteiger partial charge is 0.452 e. The van der Waals surface area contributed by atoms with Crippen LogP contribution in [0.4, 0.5) is 10.1 Å². The summed E-state index contributed by atoms with van der Waals surface area (Å²) in [6.45, 7) is 5.09. The zero-order chi connectivity index (χ0) is 17.0. The summed E-state index contributed by atoms with van der Waals surface area (Å²) in [5.74, 6) is -1.67. The molecule has 0 saturated heterocycles. The highest BCUT2D eigenvalue weighted by atomic mass is 19.1. The topological polar surface area (TPSA) is 55.4 Å². The molecule has 0 bridgehead atoms. The van der Waals surface area contributed by atoms with Crippen molar-refractivity contribution >= 4 is 17.6 Å². The third kappa shape index (κ3) is 4.39. The van der Waals surface area contributed by atoms with Crippen LogP contribution in [0.25, 0.3) is 0 Å². The van der Waals surface area contributed by atoms with Gasteiger partial charge in [0.25, 0.3) is 5.91 Å². The smallest absolute Gasteiger partial charge is 0.338 e. The number of aryl methyl sites for hydroxylation is 3. The van der Waals surface area contributed by atoms with Crippen molar-refractivity contribution in [2.75, 3.05) is 11.9 Å². The Morgan fingerprint density at radius 1 is 1.00 bits per heavy atom. The van der Waals surface area contributed by atoms with Crippen molar-refractivity contribution in [3.05, 3.63) is 64.5 Å². The van der Waals surface area contributed by atoms with Crippen LogP contribution in [0.1, 0.15) is 27.0 Å². The number of ether oxygens (including phenoxy) is 1. The monoisotopic (exact) mass is 315 g/mol. The fraction of sp³-hybridized carbons (Fsp3) is 0.222. The van der Waals surface area contributed by atoms with E-state index in [9.17, 15) is 14.0 Å². The average molecular weight is 315 g/mol. The maximum Gasteiger partial charge on any atom is 0.338 e. The summed E-state index contributed by atoms with van der Waals surface area (Å²) in [4.78, 5) is 23.6. The van der Waals surface area contributed by atoms with Gasteiger partial charge in [0.05, 0.1) is 5.56 Å². The molecule has 0 spiro atoms. The first kappa shape index (κ1) is 16.7. The Balaban J connectivity index is 1.91. The predicted octanol–water partition coefficient (Wildman–Crippen LogP) is 3.55. The van der Waals surface area contributed by atoms with Gasteiger partial charge in [-0.3, -0.25) is 4.79 Å². The molecule has 2 aromatic rings. The molecule has 0 radical (unpaired) electrons. The summed E-state index contributed by atoms with van der Waals surface area (Å²) in [6.07, 6.45) is 0. The molecular formula is C18H18FNO3. The first-order valence-corrected chi connectivity index (χ1v) is 7.17. The molecule has 0 saturated carbocycles. The number of rotatable bonds is 4. The molecule has 0 aliphatic heterocycles. The van der Waals surface area contributed by atoms with E-state index in [0.717, 1.165) is 17.2 Å². The van der Waals surface area contributed by atoms with Crippen LogP contribution >= 0.6 is 0 Å². The Labute approximate surface area is 134 Å². The van der Waals surface area contributed by atoms with Crippen molar-refractivity contribution in [2.45, 2.75) is 20.8 Å². The summed E-state index contributed by atoms with van der Waals surface area (Å²) >= 11 is 0. The van der Waals surface area contributed by atoms with Gasteiger partial charge in [-0.15, -0.1) is 0 Å².